The maximum atomic E-state index is 15.2. The number of hydrazine groups is 1. The van der Waals surface area contributed by atoms with Gasteiger partial charge in [0.2, 0.25) is 0 Å². The molecule has 2 fully saturated rings. The Kier molecular flexibility index (Phi) is 7.67. The fourth-order valence-corrected chi connectivity index (χ4v) is 8.02. The minimum atomic E-state index is -1.56. The van der Waals surface area contributed by atoms with Gasteiger partial charge in [-0.15, -0.1) is 0 Å². The molecule has 3 aliphatic rings. The molecule has 0 unspecified atom stereocenters. The summed E-state index contributed by atoms with van der Waals surface area (Å²) in [6.45, 7) is 2.12. The van der Waals surface area contributed by atoms with Crippen LogP contribution in [-0.2, 0) is 28.6 Å². The van der Waals surface area contributed by atoms with Crippen molar-refractivity contribution in [2.75, 3.05) is 19.1 Å². The quantitative estimate of drug-likeness (QED) is 0.215. The van der Waals surface area contributed by atoms with Crippen molar-refractivity contribution in [1.82, 2.24) is 18.9 Å². The van der Waals surface area contributed by atoms with Crippen LogP contribution >= 0.6 is 23.2 Å². The molecule has 1 aromatic heterocycles. The molecule has 0 bridgehead atoms. The summed E-state index contributed by atoms with van der Waals surface area (Å²) >= 11 is 12.6. The lowest BCUT2D eigenvalue weighted by molar-refractivity contribution is -0.138. The number of phenols is 1. The number of rotatable bonds is 7. The number of carbonyl (C=O) groups is 2. The number of hydrogen-bond donors (Lipinski definition) is 2. The lowest BCUT2D eigenvalue weighted by Gasteiger charge is -2.49. The predicted molar refractivity (Wildman–Crippen MR) is 178 cm³/mol. The zero-order chi connectivity index (χ0) is 34.1. The molecule has 248 valence electrons. The van der Waals surface area contributed by atoms with Crippen LogP contribution < -0.4 is 26.3 Å². The Balaban J connectivity index is 1.51. The van der Waals surface area contributed by atoms with Crippen LogP contribution in [0.3, 0.4) is 0 Å². The van der Waals surface area contributed by atoms with Crippen LogP contribution in [0.5, 0.6) is 17.2 Å². The van der Waals surface area contributed by atoms with Crippen molar-refractivity contribution in [1.29, 1.82) is 0 Å². The van der Waals surface area contributed by atoms with E-state index in [1.54, 1.807) is 55.5 Å². The maximum absolute atomic E-state index is 15.2. The van der Waals surface area contributed by atoms with Crippen LogP contribution in [0, 0.1) is 5.92 Å². The van der Waals surface area contributed by atoms with Gasteiger partial charge in [-0.25, -0.2) is 23.5 Å². The second kappa shape index (κ2) is 11.6. The molecule has 4 aromatic rings. The Morgan fingerprint density at radius 2 is 1.75 bits per heavy atom. The zero-order valence-corrected chi connectivity index (χ0v) is 27.7. The molecule has 2 amide bonds. The standard InChI is InChI=1S/C34H31Cl2N5O7/c1-4-48-28-15-18(5-12-27(28)42)29-22-13-14-39-32(45)38(2)33(46)41(39)26(22)17-23-30(43)40(37-25-11-8-20(35)16-24(25)36)31(44)34(23,29)19-6-9-21(47-3)10-7-19/h5-13,15-16,23,26,29,37,42H,4,14,17H2,1-3H3/t23-,26+,29-,34+/m0/s1. The van der Waals surface area contributed by atoms with Crippen LogP contribution in [0.4, 0.5) is 5.69 Å². The molecule has 0 spiro atoms. The summed E-state index contributed by atoms with van der Waals surface area (Å²) in [7, 11) is 2.94. The summed E-state index contributed by atoms with van der Waals surface area (Å²) in [5.74, 6) is -2.31. The molecule has 1 saturated heterocycles. The first kappa shape index (κ1) is 31.6. The third-order valence-corrected chi connectivity index (χ3v) is 10.2. The van der Waals surface area contributed by atoms with E-state index in [2.05, 4.69) is 5.43 Å². The van der Waals surface area contributed by atoms with E-state index in [4.69, 9.17) is 32.7 Å². The molecule has 12 nitrogen and oxygen atoms in total. The number of ether oxygens (including phenoxy) is 2. The highest BCUT2D eigenvalue weighted by atomic mass is 35.5. The molecule has 14 heteroatoms. The third-order valence-electron chi connectivity index (χ3n) is 9.65. The normalized spacial score (nSPS) is 22.9. The molecule has 0 radical (unpaired) electrons. The fourth-order valence-electron chi connectivity index (χ4n) is 7.57. The van der Waals surface area contributed by atoms with Crippen molar-refractivity contribution < 1.29 is 24.2 Å². The van der Waals surface area contributed by atoms with Gasteiger partial charge in [-0.05, 0) is 72.5 Å². The molecule has 4 atom stereocenters. The minimum absolute atomic E-state index is 0.0330. The van der Waals surface area contributed by atoms with E-state index in [0.717, 1.165) is 9.58 Å². The highest BCUT2D eigenvalue weighted by molar-refractivity contribution is 6.36. The highest BCUT2D eigenvalue weighted by Crippen LogP contribution is 2.62. The Bertz CT molecular complexity index is 2140. The molecule has 2 N–H and O–H groups in total. The van der Waals surface area contributed by atoms with Crippen LogP contribution in [0.25, 0.3) is 0 Å². The zero-order valence-electron chi connectivity index (χ0n) is 26.1. The Morgan fingerprint density at radius 1 is 1.00 bits per heavy atom. The third kappa shape index (κ3) is 4.50. The number of nitrogens with zero attached hydrogens (tertiary/aromatic N) is 4. The largest absolute Gasteiger partial charge is 0.504 e. The maximum Gasteiger partial charge on any atom is 0.347 e. The Labute approximate surface area is 284 Å². The van der Waals surface area contributed by atoms with E-state index in [1.807, 2.05) is 6.08 Å². The number of allylic oxidation sites excluding steroid dienone is 2. The topological polar surface area (TPSA) is 137 Å². The Morgan fingerprint density at radius 3 is 2.44 bits per heavy atom. The van der Waals surface area contributed by atoms with Crippen molar-refractivity contribution in [2.45, 2.75) is 37.3 Å². The summed E-state index contributed by atoms with van der Waals surface area (Å²) < 4.78 is 15.0. The molecule has 1 saturated carbocycles. The first-order valence-electron chi connectivity index (χ1n) is 15.3. The van der Waals surface area contributed by atoms with E-state index >= 15 is 4.79 Å². The lowest BCUT2D eigenvalue weighted by Crippen LogP contribution is -2.53. The lowest BCUT2D eigenvalue weighted by atomic mass is 9.53. The SMILES string of the molecule is CCOc1cc([C@H]2C3=CCn4c(=O)n(C)c(=O)n4[C@@H]3C[C@H]3C(=O)N(Nc4ccc(Cl)cc4Cl)C(=O)[C@@]23c2ccc(OC)cc2)ccc1O. The number of anilines is 1. The van der Waals surface area contributed by atoms with Crippen molar-refractivity contribution in [3.8, 4) is 17.2 Å². The number of aromatic nitrogens is 3. The van der Waals surface area contributed by atoms with Crippen LogP contribution in [0.2, 0.25) is 10.0 Å². The van der Waals surface area contributed by atoms with Gasteiger partial charge in [-0.3, -0.25) is 15.0 Å². The van der Waals surface area contributed by atoms with E-state index < -0.39 is 46.5 Å². The van der Waals surface area contributed by atoms with Gasteiger partial charge in [0.1, 0.15) is 5.75 Å². The number of phenolic OH excluding ortho intramolecular Hbond substituents is 1. The van der Waals surface area contributed by atoms with Gasteiger partial charge in [0.05, 0.1) is 48.3 Å². The first-order chi connectivity index (χ1) is 23.0. The number of carbonyl (C=O) groups excluding carboxylic acids is 2. The average molecular weight is 693 g/mol. The van der Waals surface area contributed by atoms with E-state index in [0.29, 0.717) is 27.5 Å². The Hall–Kier alpha value is -4.94. The number of fused-ring (bicyclic) bond motifs is 4. The molecule has 3 aromatic carbocycles. The minimum Gasteiger partial charge on any atom is -0.504 e. The van der Waals surface area contributed by atoms with Gasteiger partial charge in [0.25, 0.3) is 11.8 Å². The van der Waals surface area contributed by atoms with Gasteiger partial charge < -0.3 is 14.6 Å². The molecule has 48 heavy (non-hydrogen) atoms. The summed E-state index contributed by atoms with van der Waals surface area (Å²) in [6.07, 6.45) is 1.89. The number of hydrogen-bond acceptors (Lipinski definition) is 8. The van der Waals surface area contributed by atoms with Gasteiger partial charge in [0, 0.05) is 18.0 Å². The molecular formula is C34H31Cl2N5O7. The smallest absolute Gasteiger partial charge is 0.347 e. The molecule has 2 aliphatic heterocycles. The van der Waals surface area contributed by atoms with Crippen molar-refractivity contribution in [3.05, 3.63) is 114 Å². The predicted octanol–water partition coefficient (Wildman–Crippen LogP) is 4.39. The van der Waals surface area contributed by atoms with Gasteiger partial charge >= 0.3 is 11.4 Å². The van der Waals surface area contributed by atoms with E-state index in [-0.39, 0.29) is 41.8 Å². The number of amides is 2. The van der Waals surface area contributed by atoms with Gasteiger partial charge in [-0.1, -0.05) is 47.5 Å². The second-order valence-electron chi connectivity index (χ2n) is 12.0. The van der Waals surface area contributed by atoms with Gasteiger partial charge in [0.15, 0.2) is 11.5 Å². The monoisotopic (exact) mass is 691 g/mol. The first-order valence-corrected chi connectivity index (χ1v) is 16.1. The van der Waals surface area contributed by atoms with E-state index in [1.165, 1.54) is 35.7 Å². The summed E-state index contributed by atoms with van der Waals surface area (Å²) in [4.78, 5) is 56.5. The van der Waals surface area contributed by atoms with Crippen LogP contribution in [0.15, 0.2) is 81.9 Å². The van der Waals surface area contributed by atoms with Crippen molar-refractivity contribution >= 4 is 40.7 Å². The molecule has 1 aliphatic carbocycles. The number of benzene rings is 3. The second-order valence-corrected chi connectivity index (χ2v) is 12.8. The number of methoxy groups -OCH3 is 1. The molecular weight excluding hydrogens is 661 g/mol. The summed E-state index contributed by atoms with van der Waals surface area (Å²) in [5.41, 5.74) is 2.45. The van der Waals surface area contributed by atoms with Crippen molar-refractivity contribution in [3.63, 3.8) is 0 Å². The number of halogens is 2. The van der Waals surface area contributed by atoms with Gasteiger partial charge in [-0.2, -0.15) is 5.01 Å². The molecule has 3 heterocycles. The summed E-state index contributed by atoms with van der Waals surface area (Å²) in [5, 5.41) is 12.2. The highest BCUT2D eigenvalue weighted by Gasteiger charge is 2.68. The van der Waals surface area contributed by atoms with Crippen molar-refractivity contribution in [2.24, 2.45) is 13.0 Å². The van der Waals surface area contributed by atoms with E-state index in [9.17, 15) is 19.5 Å². The fraction of sp³-hybridized carbons (Fsp3) is 0.294. The van der Waals surface area contributed by atoms with Crippen LogP contribution in [0.1, 0.15) is 36.4 Å². The number of aromatic hydroxyl groups is 1. The number of imide groups is 1. The molecule has 7 rings (SSSR count). The summed E-state index contributed by atoms with van der Waals surface area (Å²) in [6, 6.07) is 15.7. The van der Waals surface area contributed by atoms with Crippen LogP contribution in [-0.4, -0.2) is 49.6 Å². The average Bonchev–Trinajstić information content (AvgIpc) is 3.43. The number of nitrogens with one attached hydrogen (secondary N) is 1.